The predicted molar refractivity (Wildman–Crippen MR) is 85.7 cm³/mol. The fraction of sp³-hybridized carbons (Fsp3) is 0.812. The van der Waals surface area contributed by atoms with E-state index < -0.39 is 0 Å². The Balaban J connectivity index is 1.37. The van der Waals surface area contributed by atoms with Crippen molar-refractivity contribution < 1.29 is 14.3 Å². The van der Waals surface area contributed by atoms with Gasteiger partial charge in [0.05, 0.1) is 37.1 Å². The maximum atomic E-state index is 12.6. The van der Waals surface area contributed by atoms with E-state index in [-0.39, 0.29) is 23.7 Å². The van der Waals surface area contributed by atoms with Crippen molar-refractivity contribution in [3.8, 4) is 0 Å². The van der Waals surface area contributed by atoms with Crippen LogP contribution < -0.4 is 10.6 Å². The Morgan fingerprint density at radius 2 is 2.29 bits per heavy atom. The summed E-state index contributed by atoms with van der Waals surface area (Å²) in [5.74, 6) is -0.154. The van der Waals surface area contributed by atoms with Gasteiger partial charge in [0.15, 0.2) is 5.69 Å². The van der Waals surface area contributed by atoms with Crippen LogP contribution in [-0.2, 0) is 16.0 Å². The van der Waals surface area contributed by atoms with Gasteiger partial charge >= 0.3 is 0 Å². The van der Waals surface area contributed by atoms with Crippen LogP contribution in [0.25, 0.3) is 0 Å². The van der Waals surface area contributed by atoms with Crippen LogP contribution in [0.15, 0.2) is 6.20 Å². The monoisotopic (exact) mass is 335 g/mol. The SMILES string of the molecule is O=C(NC1(C2CCCO2)CCC1)c1cn(CC2CNCCO2)nn1. The second-order valence-corrected chi connectivity index (χ2v) is 6.99. The van der Waals surface area contributed by atoms with Gasteiger partial charge in [0.1, 0.15) is 0 Å². The van der Waals surface area contributed by atoms with E-state index in [1.807, 2.05) is 0 Å². The van der Waals surface area contributed by atoms with E-state index in [0.29, 0.717) is 18.8 Å². The zero-order chi connectivity index (χ0) is 16.4. The van der Waals surface area contributed by atoms with E-state index in [9.17, 15) is 4.79 Å². The number of carbonyl (C=O) groups is 1. The van der Waals surface area contributed by atoms with Gasteiger partial charge in [0.25, 0.3) is 5.91 Å². The molecule has 0 radical (unpaired) electrons. The molecule has 2 N–H and O–H groups in total. The summed E-state index contributed by atoms with van der Waals surface area (Å²) >= 11 is 0. The molecule has 3 fully saturated rings. The highest BCUT2D eigenvalue weighted by molar-refractivity contribution is 5.92. The molecule has 1 aromatic heterocycles. The van der Waals surface area contributed by atoms with Crippen LogP contribution in [0.5, 0.6) is 0 Å². The first-order valence-corrected chi connectivity index (χ1v) is 8.92. The number of amides is 1. The van der Waals surface area contributed by atoms with E-state index >= 15 is 0 Å². The molecule has 0 aromatic carbocycles. The van der Waals surface area contributed by atoms with Crippen molar-refractivity contribution >= 4 is 5.91 Å². The van der Waals surface area contributed by atoms with Crippen molar-refractivity contribution in [2.24, 2.45) is 0 Å². The molecule has 2 unspecified atom stereocenters. The number of hydrogen-bond acceptors (Lipinski definition) is 6. The van der Waals surface area contributed by atoms with Crippen LogP contribution >= 0.6 is 0 Å². The van der Waals surface area contributed by atoms with Crippen molar-refractivity contribution in [2.75, 3.05) is 26.3 Å². The van der Waals surface area contributed by atoms with Crippen LogP contribution in [0.3, 0.4) is 0 Å². The lowest BCUT2D eigenvalue weighted by Crippen LogP contribution is -2.60. The largest absolute Gasteiger partial charge is 0.376 e. The Morgan fingerprint density at radius 1 is 1.38 bits per heavy atom. The lowest BCUT2D eigenvalue weighted by Gasteiger charge is -2.46. The molecule has 1 amide bonds. The number of ether oxygens (including phenoxy) is 2. The molecular formula is C16H25N5O3. The topological polar surface area (TPSA) is 90.3 Å². The summed E-state index contributed by atoms with van der Waals surface area (Å²) < 4.78 is 13.2. The van der Waals surface area contributed by atoms with Gasteiger partial charge in [-0.3, -0.25) is 4.79 Å². The van der Waals surface area contributed by atoms with Crippen molar-refractivity contribution in [3.63, 3.8) is 0 Å². The highest BCUT2D eigenvalue weighted by Crippen LogP contribution is 2.40. The van der Waals surface area contributed by atoms with Crippen LogP contribution in [0.4, 0.5) is 0 Å². The quantitative estimate of drug-likeness (QED) is 0.793. The highest BCUT2D eigenvalue weighted by Gasteiger charge is 2.47. The third-order valence-corrected chi connectivity index (χ3v) is 5.32. The second-order valence-electron chi connectivity index (χ2n) is 6.99. The first-order chi connectivity index (χ1) is 11.8. The minimum absolute atomic E-state index is 0.0706. The molecule has 2 saturated heterocycles. The smallest absolute Gasteiger partial charge is 0.273 e. The Kier molecular flexibility index (Phi) is 4.51. The number of rotatable bonds is 5. The normalized spacial score (nSPS) is 29.2. The molecule has 24 heavy (non-hydrogen) atoms. The third-order valence-electron chi connectivity index (χ3n) is 5.32. The van der Waals surface area contributed by atoms with Gasteiger partial charge in [-0.15, -0.1) is 5.10 Å². The number of hydrogen-bond donors (Lipinski definition) is 2. The number of carbonyl (C=O) groups excluding carboxylic acids is 1. The van der Waals surface area contributed by atoms with Crippen molar-refractivity contribution in [2.45, 2.75) is 56.4 Å². The molecule has 0 bridgehead atoms. The van der Waals surface area contributed by atoms with Gasteiger partial charge in [0, 0.05) is 19.7 Å². The summed E-state index contributed by atoms with van der Waals surface area (Å²) in [5.41, 5.74) is 0.163. The molecule has 8 heteroatoms. The zero-order valence-electron chi connectivity index (χ0n) is 13.9. The molecule has 3 aliphatic rings. The molecule has 1 aliphatic carbocycles. The van der Waals surface area contributed by atoms with Gasteiger partial charge < -0.3 is 20.1 Å². The zero-order valence-corrected chi connectivity index (χ0v) is 13.9. The summed E-state index contributed by atoms with van der Waals surface area (Å²) in [6.07, 6.45) is 7.13. The predicted octanol–water partition coefficient (Wildman–Crippen LogP) is 0.0980. The minimum Gasteiger partial charge on any atom is -0.376 e. The van der Waals surface area contributed by atoms with Gasteiger partial charge in [-0.05, 0) is 32.1 Å². The van der Waals surface area contributed by atoms with Crippen molar-refractivity contribution in [3.05, 3.63) is 11.9 Å². The number of aromatic nitrogens is 3. The summed E-state index contributed by atoms with van der Waals surface area (Å²) in [7, 11) is 0. The number of morpholine rings is 1. The lowest BCUT2D eigenvalue weighted by atomic mass is 9.71. The Hall–Kier alpha value is -1.51. The van der Waals surface area contributed by atoms with Gasteiger partial charge in [-0.2, -0.15) is 0 Å². The Morgan fingerprint density at radius 3 is 2.96 bits per heavy atom. The number of nitrogens with zero attached hydrogens (tertiary/aromatic N) is 3. The highest BCUT2D eigenvalue weighted by atomic mass is 16.5. The first kappa shape index (κ1) is 16.0. The van der Waals surface area contributed by atoms with Crippen molar-refractivity contribution in [1.82, 2.24) is 25.6 Å². The molecule has 8 nitrogen and oxygen atoms in total. The average Bonchev–Trinajstić information content (AvgIpc) is 3.23. The van der Waals surface area contributed by atoms with E-state index in [4.69, 9.17) is 9.47 Å². The van der Waals surface area contributed by atoms with Crippen LogP contribution in [0, 0.1) is 0 Å². The molecule has 1 saturated carbocycles. The molecule has 2 atom stereocenters. The maximum Gasteiger partial charge on any atom is 0.273 e. The molecular weight excluding hydrogens is 310 g/mol. The molecule has 2 aliphatic heterocycles. The van der Waals surface area contributed by atoms with Crippen molar-refractivity contribution in [1.29, 1.82) is 0 Å². The molecule has 4 rings (SSSR count). The van der Waals surface area contributed by atoms with Gasteiger partial charge in [-0.25, -0.2) is 4.68 Å². The van der Waals surface area contributed by atoms with E-state index in [1.165, 1.54) is 0 Å². The summed E-state index contributed by atoms with van der Waals surface area (Å²) in [6, 6.07) is 0. The maximum absolute atomic E-state index is 12.6. The number of nitrogens with one attached hydrogen (secondary N) is 2. The fourth-order valence-electron chi connectivity index (χ4n) is 3.83. The third kappa shape index (κ3) is 3.18. The fourth-order valence-corrected chi connectivity index (χ4v) is 3.83. The Labute approximate surface area is 141 Å². The van der Waals surface area contributed by atoms with E-state index in [1.54, 1.807) is 10.9 Å². The molecule has 3 heterocycles. The minimum atomic E-state index is -0.201. The van der Waals surface area contributed by atoms with Gasteiger partial charge in [-0.1, -0.05) is 5.21 Å². The van der Waals surface area contributed by atoms with E-state index in [0.717, 1.165) is 51.8 Å². The van der Waals surface area contributed by atoms with Gasteiger partial charge in [0.2, 0.25) is 0 Å². The van der Waals surface area contributed by atoms with Crippen LogP contribution in [-0.4, -0.2) is 65.0 Å². The standard InChI is InChI=1S/C16H25N5O3/c22-15(18-16(4-2-5-16)14-3-1-7-24-14)13-11-21(20-19-13)10-12-9-17-6-8-23-12/h11-12,14,17H,1-10H2,(H,18,22). The molecule has 0 spiro atoms. The lowest BCUT2D eigenvalue weighted by molar-refractivity contribution is -0.0108. The molecule has 1 aromatic rings. The first-order valence-electron chi connectivity index (χ1n) is 8.92. The summed E-state index contributed by atoms with van der Waals surface area (Å²) in [4.78, 5) is 12.6. The van der Waals surface area contributed by atoms with Crippen LogP contribution in [0.2, 0.25) is 0 Å². The van der Waals surface area contributed by atoms with Crippen LogP contribution in [0.1, 0.15) is 42.6 Å². The van der Waals surface area contributed by atoms with E-state index in [2.05, 4.69) is 20.9 Å². The molecule has 132 valence electrons. The Bertz CT molecular complexity index is 574. The second kappa shape index (κ2) is 6.78. The summed E-state index contributed by atoms with van der Waals surface area (Å²) in [6.45, 7) is 3.78. The summed E-state index contributed by atoms with van der Waals surface area (Å²) in [5, 5.41) is 14.6. The average molecular weight is 335 g/mol.